The van der Waals surface area contributed by atoms with Crippen LogP contribution in [0.25, 0.3) is 0 Å². The van der Waals surface area contributed by atoms with Crippen molar-refractivity contribution < 1.29 is 4.39 Å². The number of para-hydroxylation sites is 1. The molecule has 2 nitrogen and oxygen atoms in total. The van der Waals surface area contributed by atoms with Crippen molar-refractivity contribution in [2.24, 2.45) is 0 Å². The zero-order chi connectivity index (χ0) is 14.6. The first-order valence-electron chi connectivity index (χ1n) is 6.52. The highest BCUT2D eigenvalue weighted by molar-refractivity contribution is 5.54. The van der Waals surface area contributed by atoms with Gasteiger partial charge in [0.1, 0.15) is 11.4 Å². The minimum absolute atomic E-state index is 0.277. The summed E-state index contributed by atoms with van der Waals surface area (Å²) in [4.78, 5) is 0. The molecule has 0 saturated carbocycles. The van der Waals surface area contributed by atoms with E-state index in [4.69, 9.17) is 0 Å². The zero-order valence-corrected chi connectivity index (χ0v) is 11.7. The SMILES string of the molecule is Cc1ccccc1NC(C)(C#N)Cc1ccccc1F. The monoisotopic (exact) mass is 268 g/mol. The van der Waals surface area contributed by atoms with Crippen LogP contribution in [-0.4, -0.2) is 5.54 Å². The summed E-state index contributed by atoms with van der Waals surface area (Å²) < 4.78 is 13.7. The van der Waals surface area contributed by atoms with Crippen LogP contribution in [0.1, 0.15) is 18.1 Å². The van der Waals surface area contributed by atoms with Crippen LogP contribution in [0.5, 0.6) is 0 Å². The maximum absolute atomic E-state index is 13.7. The highest BCUT2D eigenvalue weighted by atomic mass is 19.1. The molecule has 1 unspecified atom stereocenters. The van der Waals surface area contributed by atoms with Gasteiger partial charge in [0.2, 0.25) is 0 Å². The molecule has 1 atom stereocenters. The van der Waals surface area contributed by atoms with Crippen molar-refractivity contribution in [2.45, 2.75) is 25.8 Å². The molecule has 0 aliphatic heterocycles. The lowest BCUT2D eigenvalue weighted by Crippen LogP contribution is -2.36. The maximum atomic E-state index is 13.7. The number of nitriles is 1. The summed E-state index contributed by atoms with van der Waals surface area (Å²) >= 11 is 0. The van der Waals surface area contributed by atoms with Crippen LogP contribution >= 0.6 is 0 Å². The van der Waals surface area contributed by atoms with Crippen LogP contribution in [0, 0.1) is 24.1 Å². The van der Waals surface area contributed by atoms with Gasteiger partial charge in [0.05, 0.1) is 6.07 Å². The van der Waals surface area contributed by atoms with E-state index < -0.39 is 5.54 Å². The Morgan fingerprint density at radius 2 is 1.80 bits per heavy atom. The molecule has 102 valence electrons. The summed E-state index contributed by atoms with van der Waals surface area (Å²) in [6.07, 6.45) is 0.310. The van der Waals surface area contributed by atoms with Gasteiger partial charge in [-0.25, -0.2) is 4.39 Å². The zero-order valence-electron chi connectivity index (χ0n) is 11.7. The summed E-state index contributed by atoms with van der Waals surface area (Å²) in [6, 6.07) is 16.6. The smallest absolute Gasteiger partial charge is 0.126 e. The molecule has 20 heavy (non-hydrogen) atoms. The van der Waals surface area contributed by atoms with Gasteiger partial charge < -0.3 is 5.32 Å². The molecule has 0 heterocycles. The van der Waals surface area contributed by atoms with Crippen LogP contribution < -0.4 is 5.32 Å². The second-order valence-corrected chi connectivity index (χ2v) is 5.15. The highest BCUT2D eigenvalue weighted by Crippen LogP contribution is 2.23. The van der Waals surface area contributed by atoms with Gasteiger partial charge in [0.25, 0.3) is 0 Å². The number of benzene rings is 2. The number of hydrogen-bond donors (Lipinski definition) is 1. The molecule has 0 aromatic heterocycles. The Bertz CT molecular complexity index is 596. The molecule has 0 aliphatic rings. The fourth-order valence-corrected chi connectivity index (χ4v) is 2.14. The predicted octanol–water partition coefficient (Wildman–Crippen LogP) is 4.07. The van der Waals surface area contributed by atoms with Crippen LogP contribution in [-0.2, 0) is 6.42 Å². The predicted molar refractivity (Wildman–Crippen MR) is 78.9 cm³/mol. The van der Waals surface area contributed by atoms with Gasteiger partial charge in [0, 0.05) is 12.1 Å². The lowest BCUT2D eigenvalue weighted by molar-refractivity contribution is 0.575. The van der Waals surface area contributed by atoms with Crippen molar-refractivity contribution in [1.29, 1.82) is 5.26 Å². The first-order chi connectivity index (χ1) is 9.54. The third-order valence-corrected chi connectivity index (χ3v) is 3.30. The second kappa shape index (κ2) is 5.75. The van der Waals surface area contributed by atoms with E-state index in [1.807, 2.05) is 31.2 Å². The van der Waals surface area contributed by atoms with E-state index in [0.29, 0.717) is 12.0 Å². The standard InChI is InChI=1S/C17H17FN2/c1-13-7-3-6-10-16(13)20-17(2,12-19)11-14-8-4-5-9-15(14)18/h3-10,20H,11H2,1-2H3. The van der Waals surface area contributed by atoms with Gasteiger partial charge in [0.15, 0.2) is 0 Å². The quantitative estimate of drug-likeness (QED) is 0.907. The minimum Gasteiger partial charge on any atom is -0.367 e. The number of nitrogens with one attached hydrogen (secondary N) is 1. The Morgan fingerprint density at radius 1 is 1.15 bits per heavy atom. The molecule has 0 saturated heterocycles. The Morgan fingerprint density at radius 3 is 2.45 bits per heavy atom. The molecule has 2 aromatic rings. The van der Waals surface area contributed by atoms with Gasteiger partial charge in [-0.2, -0.15) is 5.26 Å². The fourth-order valence-electron chi connectivity index (χ4n) is 2.14. The summed E-state index contributed by atoms with van der Waals surface area (Å²) in [5, 5.41) is 12.7. The lowest BCUT2D eigenvalue weighted by Gasteiger charge is -2.26. The van der Waals surface area contributed by atoms with Crippen molar-refractivity contribution in [3.8, 4) is 6.07 Å². The molecule has 2 aromatic carbocycles. The maximum Gasteiger partial charge on any atom is 0.126 e. The van der Waals surface area contributed by atoms with Crippen LogP contribution in [0.4, 0.5) is 10.1 Å². The molecular weight excluding hydrogens is 251 g/mol. The van der Waals surface area contributed by atoms with Crippen molar-refractivity contribution in [2.75, 3.05) is 5.32 Å². The van der Waals surface area contributed by atoms with Crippen molar-refractivity contribution in [3.63, 3.8) is 0 Å². The topological polar surface area (TPSA) is 35.8 Å². The summed E-state index contributed by atoms with van der Waals surface area (Å²) in [7, 11) is 0. The number of anilines is 1. The van der Waals surface area contributed by atoms with Crippen LogP contribution in [0.2, 0.25) is 0 Å². The second-order valence-electron chi connectivity index (χ2n) is 5.15. The first-order valence-corrected chi connectivity index (χ1v) is 6.52. The Balaban J connectivity index is 2.25. The normalized spacial score (nSPS) is 13.3. The van der Waals surface area contributed by atoms with Gasteiger partial charge in [-0.3, -0.25) is 0 Å². The van der Waals surface area contributed by atoms with E-state index >= 15 is 0 Å². The first kappa shape index (κ1) is 14.1. The van der Waals surface area contributed by atoms with E-state index in [1.165, 1.54) is 6.07 Å². The number of halogens is 1. The number of rotatable bonds is 4. The minimum atomic E-state index is -0.853. The molecule has 1 N–H and O–H groups in total. The summed E-state index contributed by atoms with van der Waals surface area (Å²) in [5.41, 5.74) is 1.64. The van der Waals surface area contributed by atoms with E-state index in [9.17, 15) is 9.65 Å². The molecule has 2 rings (SSSR count). The van der Waals surface area contributed by atoms with Gasteiger partial charge in [-0.15, -0.1) is 0 Å². The van der Waals surface area contributed by atoms with Crippen LogP contribution in [0.15, 0.2) is 48.5 Å². The molecule has 0 fully saturated rings. The summed E-state index contributed by atoms with van der Waals surface area (Å²) in [6.45, 7) is 3.76. The third-order valence-electron chi connectivity index (χ3n) is 3.30. The molecular formula is C17H17FN2. The number of aryl methyl sites for hydroxylation is 1. The molecule has 0 amide bonds. The fraction of sp³-hybridized carbons (Fsp3) is 0.235. The van der Waals surface area contributed by atoms with Crippen molar-refractivity contribution in [1.82, 2.24) is 0 Å². The van der Waals surface area contributed by atoms with E-state index in [0.717, 1.165) is 11.3 Å². The van der Waals surface area contributed by atoms with Gasteiger partial charge >= 0.3 is 0 Å². The molecule has 0 aliphatic carbocycles. The van der Waals surface area contributed by atoms with E-state index in [2.05, 4.69) is 11.4 Å². The number of hydrogen-bond acceptors (Lipinski definition) is 2. The largest absolute Gasteiger partial charge is 0.367 e. The van der Waals surface area contributed by atoms with Gasteiger partial charge in [-0.1, -0.05) is 36.4 Å². The Kier molecular flexibility index (Phi) is 4.05. The number of nitrogens with zero attached hydrogens (tertiary/aromatic N) is 1. The molecule has 0 radical (unpaired) electrons. The summed E-state index contributed by atoms with van der Waals surface area (Å²) in [5.74, 6) is -0.277. The van der Waals surface area contributed by atoms with E-state index in [1.54, 1.807) is 25.1 Å². The van der Waals surface area contributed by atoms with Gasteiger partial charge in [-0.05, 0) is 37.1 Å². The van der Waals surface area contributed by atoms with E-state index in [-0.39, 0.29) is 5.82 Å². The Labute approximate surface area is 118 Å². The highest BCUT2D eigenvalue weighted by Gasteiger charge is 2.25. The average Bonchev–Trinajstić information content (AvgIpc) is 2.44. The Hall–Kier alpha value is -2.34. The van der Waals surface area contributed by atoms with Crippen molar-refractivity contribution >= 4 is 5.69 Å². The van der Waals surface area contributed by atoms with Crippen molar-refractivity contribution in [3.05, 3.63) is 65.5 Å². The third kappa shape index (κ3) is 3.16. The van der Waals surface area contributed by atoms with Crippen LogP contribution in [0.3, 0.4) is 0 Å². The average molecular weight is 268 g/mol. The molecule has 0 spiro atoms. The molecule has 3 heteroatoms. The molecule has 0 bridgehead atoms. The lowest BCUT2D eigenvalue weighted by atomic mass is 9.93.